The number of benzene rings is 1. The highest BCUT2D eigenvalue weighted by atomic mass is 14.7. The van der Waals surface area contributed by atoms with Crippen molar-refractivity contribution in [2.24, 2.45) is 5.73 Å². The molecule has 2 aromatic rings. The lowest BCUT2D eigenvalue weighted by molar-refractivity contribution is 0.971. The van der Waals surface area contributed by atoms with Gasteiger partial charge in [0.2, 0.25) is 0 Å². The molecule has 0 saturated heterocycles. The SMILES string of the molecule is Cc1cc(CCN)c2ncccc2c1. The van der Waals surface area contributed by atoms with Crippen LogP contribution in [-0.2, 0) is 6.42 Å². The number of rotatable bonds is 2. The second kappa shape index (κ2) is 3.76. The highest BCUT2D eigenvalue weighted by Gasteiger charge is 2.01. The van der Waals surface area contributed by atoms with Crippen LogP contribution in [-0.4, -0.2) is 11.5 Å². The van der Waals surface area contributed by atoms with Crippen LogP contribution in [0.4, 0.5) is 0 Å². The minimum absolute atomic E-state index is 0.676. The van der Waals surface area contributed by atoms with Crippen molar-refractivity contribution in [3.05, 3.63) is 41.6 Å². The number of hydrogen-bond donors (Lipinski definition) is 1. The van der Waals surface area contributed by atoms with E-state index in [0.29, 0.717) is 6.54 Å². The summed E-state index contributed by atoms with van der Waals surface area (Å²) in [4.78, 5) is 4.39. The van der Waals surface area contributed by atoms with Gasteiger partial charge in [0.15, 0.2) is 0 Å². The fourth-order valence-corrected chi connectivity index (χ4v) is 1.78. The lowest BCUT2D eigenvalue weighted by Crippen LogP contribution is -2.03. The molecule has 1 aromatic carbocycles. The van der Waals surface area contributed by atoms with Crippen LogP contribution in [0.25, 0.3) is 10.9 Å². The number of aryl methyl sites for hydroxylation is 1. The zero-order chi connectivity index (χ0) is 9.97. The molecule has 1 heterocycles. The molecule has 0 fully saturated rings. The van der Waals surface area contributed by atoms with Crippen LogP contribution < -0.4 is 5.73 Å². The van der Waals surface area contributed by atoms with Gasteiger partial charge in [-0.2, -0.15) is 0 Å². The molecule has 1 aromatic heterocycles. The number of aromatic nitrogens is 1. The van der Waals surface area contributed by atoms with Crippen LogP contribution in [0.2, 0.25) is 0 Å². The summed E-state index contributed by atoms with van der Waals surface area (Å²) in [6.07, 6.45) is 2.73. The standard InChI is InChI=1S/C12H14N2/c1-9-7-10-3-2-6-14-12(10)11(8-9)4-5-13/h2-3,6-8H,4-5,13H2,1H3. The fraction of sp³-hybridized carbons (Fsp3) is 0.250. The molecule has 0 bridgehead atoms. The summed E-state index contributed by atoms with van der Waals surface area (Å²) >= 11 is 0. The third-order valence-corrected chi connectivity index (χ3v) is 2.34. The first-order chi connectivity index (χ1) is 6.81. The highest BCUT2D eigenvalue weighted by Crippen LogP contribution is 2.18. The molecule has 0 radical (unpaired) electrons. The van der Waals surface area contributed by atoms with Crippen LogP contribution >= 0.6 is 0 Å². The van der Waals surface area contributed by atoms with Crippen molar-refractivity contribution >= 4 is 10.9 Å². The van der Waals surface area contributed by atoms with Gasteiger partial charge in [-0.05, 0) is 37.6 Å². The summed E-state index contributed by atoms with van der Waals surface area (Å²) in [5.41, 5.74) is 9.19. The first-order valence-electron chi connectivity index (χ1n) is 4.85. The Balaban J connectivity index is 2.67. The maximum absolute atomic E-state index is 5.57. The van der Waals surface area contributed by atoms with E-state index in [1.54, 1.807) is 0 Å². The maximum atomic E-state index is 5.57. The molecule has 0 aliphatic carbocycles. The monoisotopic (exact) mass is 186 g/mol. The summed E-state index contributed by atoms with van der Waals surface area (Å²) in [6, 6.07) is 8.38. The third kappa shape index (κ3) is 1.61. The van der Waals surface area contributed by atoms with Gasteiger partial charge in [-0.15, -0.1) is 0 Å². The van der Waals surface area contributed by atoms with Gasteiger partial charge in [0.1, 0.15) is 0 Å². The Morgan fingerprint density at radius 3 is 3.00 bits per heavy atom. The molecule has 72 valence electrons. The number of nitrogens with zero attached hydrogens (tertiary/aromatic N) is 1. The second-order valence-electron chi connectivity index (χ2n) is 3.54. The second-order valence-corrected chi connectivity index (χ2v) is 3.54. The molecule has 2 nitrogen and oxygen atoms in total. The van der Waals surface area contributed by atoms with Crippen molar-refractivity contribution in [2.45, 2.75) is 13.3 Å². The molecule has 2 N–H and O–H groups in total. The Hall–Kier alpha value is -1.41. The molecule has 2 heteroatoms. The summed E-state index contributed by atoms with van der Waals surface area (Å²) in [7, 11) is 0. The number of hydrogen-bond acceptors (Lipinski definition) is 2. The third-order valence-electron chi connectivity index (χ3n) is 2.34. The molecule has 0 unspecified atom stereocenters. The number of fused-ring (bicyclic) bond motifs is 1. The van der Waals surface area contributed by atoms with Gasteiger partial charge in [-0.3, -0.25) is 4.98 Å². The first-order valence-corrected chi connectivity index (χ1v) is 4.85. The predicted octanol–water partition coefficient (Wildman–Crippen LogP) is 2.04. The molecule has 0 aliphatic heterocycles. The summed E-state index contributed by atoms with van der Waals surface area (Å²) < 4.78 is 0. The molecule has 2 rings (SSSR count). The van der Waals surface area contributed by atoms with Crippen molar-refractivity contribution < 1.29 is 0 Å². The molecule has 0 atom stereocenters. The van der Waals surface area contributed by atoms with Crippen LogP contribution in [0.15, 0.2) is 30.5 Å². The van der Waals surface area contributed by atoms with E-state index in [-0.39, 0.29) is 0 Å². The largest absolute Gasteiger partial charge is 0.330 e. The fourth-order valence-electron chi connectivity index (χ4n) is 1.78. The van der Waals surface area contributed by atoms with Gasteiger partial charge < -0.3 is 5.73 Å². The Labute approximate surface area is 83.8 Å². The average Bonchev–Trinajstić information content (AvgIpc) is 2.18. The smallest absolute Gasteiger partial charge is 0.0734 e. The Morgan fingerprint density at radius 1 is 1.36 bits per heavy atom. The van der Waals surface area contributed by atoms with Crippen LogP contribution in [0.5, 0.6) is 0 Å². The van der Waals surface area contributed by atoms with E-state index >= 15 is 0 Å². The minimum Gasteiger partial charge on any atom is -0.330 e. The quantitative estimate of drug-likeness (QED) is 0.779. The molecule has 0 spiro atoms. The lowest BCUT2D eigenvalue weighted by Gasteiger charge is -2.05. The van der Waals surface area contributed by atoms with Gasteiger partial charge in [0, 0.05) is 11.6 Å². The molecule has 0 aliphatic rings. The zero-order valence-electron chi connectivity index (χ0n) is 8.33. The van der Waals surface area contributed by atoms with E-state index in [9.17, 15) is 0 Å². The average molecular weight is 186 g/mol. The van der Waals surface area contributed by atoms with Crippen molar-refractivity contribution in [1.29, 1.82) is 0 Å². The van der Waals surface area contributed by atoms with E-state index in [1.165, 1.54) is 16.5 Å². The van der Waals surface area contributed by atoms with Gasteiger partial charge in [0.05, 0.1) is 5.52 Å². The number of pyridine rings is 1. The van der Waals surface area contributed by atoms with Crippen LogP contribution in [0.3, 0.4) is 0 Å². The van der Waals surface area contributed by atoms with Crippen LogP contribution in [0, 0.1) is 6.92 Å². The topological polar surface area (TPSA) is 38.9 Å². The van der Waals surface area contributed by atoms with E-state index < -0.39 is 0 Å². The normalized spacial score (nSPS) is 10.7. The molecular formula is C12H14N2. The van der Waals surface area contributed by atoms with E-state index in [4.69, 9.17) is 5.73 Å². The minimum atomic E-state index is 0.676. The number of nitrogens with two attached hydrogens (primary N) is 1. The van der Waals surface area contributed by atoms with Crippen LogP contribution in [0.1, 0.15) is 11.1 Å². The molecule has 0 saturated carbocycles. The predicted molar refractivity (Wildman–Crippen MR) is 59.2 cm³/mol. The molecular weight excluding hydrogens is 172 g/mol. The van der Waals surface area contributed by atoms with E-state index in [0.717, 1.165) is 11.9 Å². The van der Waals surface area contributed by atoms with Crippen molar-refractivity contribution in [1.82, 2.24) is 4.98 Å². The molecule has 14 heavy (non-hydrogen) atoms. The van der Waals surface area contributed by atoms with E-state index in [1.807, 2.05) is 12.3 Å². The first kappa shape index (κ1) is 9.16. The zero-order valence-corrected chi connectivity index (χ0v) is 8.33. The van der Waals surface area contributed by atoms with Gasteiger partial charge >= 0.3 is 0 Å². The summed E-state index contributed by atoms with van der Waals surface area (Å²) in [5, 5.41) is 1.20. The lowest BCUT2D eigenvalue weighted by atomic mass is 10.0. The van der Waals surface area contributed by atoms with Gasteiger partial charge in [-0.25, -0.2) is 0 Å². The Kier molecular flexibility index (Phi) is 2.46. The van der Waals surface area contributed by atoms with Crippen molar-refractivity contribution in [3.63, 3.8) is 0 Å². The van der Waals surface area contributed by atoms with E-state index in [2.05, 4.69) is 30.1 Å². The highest BCUT2D eigenvalue weighted by molar-refractivity contribution is 5.82. The van der Waals surface area contributed by atoms with Gasteiger partial charge in [-0.1, -0.05) is 17.7 Å². The van der Waals surface area contributed by atoms with Crippen molar-refractivity contribution in [3.8, 4) is 0 Å². The van der Waals surface area contributed by atoms with Crippen molar-refractivity contribution in [2.75, 3.05) is 6.54 Å². The maximum Gasteiger partial charge on any atom is 0.0734 e. The van der Waals surface area contributed by atoms with Gasteiger partial charge in [0.25, 0.3) is 0 Å². The Bertz CT molecular complexity index is 449. The Morgan fingerprint density at radius 2 is 2.21 bits per heavy atom. The summed E-state index contributed by atoms with van der Waals surface area (Å²) in [6.45, 7) is 2.78. The molecule has 0 amide bonds. The summed E-state index contributed by atoms with van der Waals surface area (Å²) in [5.74, 6) is 0.